The van der Waals surface area contributed by atoms with Gasteiger partial charge in [0.2, 0.25) is 5.91 Å². The molecular formula is C15H21NO3S. The Kier molecular flexibility index (Phi) is 6.58. The number of carbonyl (C=O) groups excluding carboxylic acids is 1. The molecule has 0 heterocycles. The highest BCUT2D eigenvalue weighted by molar-refractivity contribution is 8.00. The Morgan fingerprint density at radius 2 is 1.90 bits per heavy atom. The molecule has 0 aliphatic heterocycles. The first-order valence-corrected chi connectivity index (χ1v) is 7.66. The van der Waals surface area contributed by atoms with Gasteiger partial charge in [-0.2, -0.15) is 0 Å². The van der Waals surface area contributed by atoms with Gasteiger partial charge in [-0.05, 0) is 25.0 Å². The van der Waals surface area contributed by atoms with E-state index < -0.39 is 11.2 Å². The summed E-state index contributed by atoms with van der Waals surface area (Å²) in [6.07, 6.45) is 1.31. The van der Waals surface area contributed by atoms with E-state index in [1.165, 1.54) is 11.8 Å². The zero-order valence-corrected chi connectivity index (χ0v) is 12.9. The topological polar surface area (TPSA) is 66.4 Å². The Balaban J connectivity index is 2.88. The lowest BCUT2D eigenvalue weighted by atomic mass is 10.1. The molecule has 0 aliphatic rings. The fourth-order valence-electron chi connectivity index (χ4n) is 1.58. The van der Waals surface area contributed by atoms with Gasteiger partial charge in [0.1, 0.15) is 5.25 Å². The molecule has 2 atom stereocenters. The molecular weight excluding hydrogens is 274 g/mol. The summed E-state index contributed by atoms with van der Waals surface area (Å²) in [6, 6.07) is 7.31. The van der Waals surface area contributed by atoms with Crippen LogP contribution >= 0.6 is 11.8 Å². The Hall–Kier alpha value is -1.49. The number of aliphatic carboxylic acids is 1. The third kappa shape index (κ3) is 4.56. The van der Waals surface area contributed by atoms with Gasteiger partial charge in [-0.1, -0.05) is 32.9 Å². The van der Waals surface area contributed by atoms with E-state index in [4.69, 9.17) is 5.11 Å². The zero-order chi connectivity index (χ0) is 15.1. The Morgan fingerprint density at radius 1 is 1.25 bits per heavy atom. The quantitative estimate of drug-likeness (QED) is 0.754. The summed E-state index contributed by atoms with van der Waals surface area (Å²) in [5.41, 5.74) is 0.683. The van der Waals surface area contributed by atoms with Crippen LogP contribution in [0.1, 0.15) is 33.6 Å². The molecule has 0 radical (unpaired) electrons. The Labute approximate surface area is 124 Å². The van der Waals surface area contributed by atoms with Crippen LogP contribution in [-0.2, 0) is 9.59 Å². The average Bonchev–Trinajstić information content (AvgIpc) is 2.44. The van der Waals surface area contributed by atoms with E-state index in [0.717, 1.165) is 11.3 Å². The first-order chi connectivity index (χ1) is 9.49. The largest absolute Gasteiger partial charge is 0.480 e. The van der Waals surface area contributed by atoms with E-state index in [1.807, 2.05) is 39.0 Å². The summed E-state index contributed by atoms with van der Waals surface area (Å²) in [6.45, 7) is 5.67. The van der Waals surface area contributed by atoms with Crippen molar-refractivity contribution in [2.24, 2.45) is 5.92 Å². The summed E-state index contributed by atoms with van der Waals surface area (Å²) in [5.74, 6) is -0.931. The van der Waals surface area contributed by atoms with Crippen molar-refractivity contribution in [2.45, 2.75) is 43.8 Å². The van der Waals surface area contributed by atoms with E-state index in [2.05, 4.69) is 5.32 Å². The van der Waals surface area contributed by atoms with E-state index >= 15 is 0 Å². The van der Waals surface area contributed by atoms with Gasteiger partial charge < -0.3 is 10.4 Å². The van der Waals surface area contributed by atoms with Crippen molar-refractivity contribution >= 4 is 29.3 Å². The SMILES string of the molecule is CC[C@@H](C)C(=O)Nc1ccccc1S[C@@H](CC)C(=O)O. The van der Waals surface area contributed by atoms with E-state index in [-0.39, 0.29) is 11.8 Å². The minimum absolute atomic E-state index is 0.0380. The Bertz CT molecular complexity index is 476. The van der Waals surface area contributed by atoms with Gasteiger partial charge in [-0.15, -0.1) is 11.8 Å². The summed E-state index contributed by atoms with van der Waals surface area (Å²) in [4.78, 5) is 23.9. The first-order valence-electron chi connectivity index (χ1n) is 6.78. The minimum atomic E-state index is -0.833. The number of hydrogen-bond donors (Lipinski definition) is 2. The summed E-state index contributed by atoms with van der Waals surface area (Å²) < 4.78 is 0. The van der Waals surface area contributed by atoms with Crippen LogP contribution < -0.4 is 5.32 Å². The van der Waals surface area contributed by atoms with Gasteiger partial charge in [0, 0.05) is 10.8 Å². The number of para-hydroxylation sites is 1. The summed E-state index contributed by atoms with van der Waals surface area (Å²) in [7, 11) is 0. The number of hydrogen-bond acceptors (Lipinski definition) is 3. The van der Waals surface area contributed by atoms with Crippen LogP contribution in [0, 0.1) is 5.92 Å². The molecule has 0 spiro atoms. The van der Waals surface area contributed by atoms with Crippen LogP contribution in [0.3, 0.4) is 0 Å². The lowest BCUT2D eigenvalue weighted by molar-refractivity contribution is -0.136. The zero-order valence-electron chi connectivity index (χ0n) is 12.1. The van der Waals surface area contributed by atoms with Gasteiger partial charge >= 0.3 is 5.97 Å². The van der Waals surface area contributed by atoms with Crippen molar-refractivity contribution in [3.05, 3.63) is 24.3 Å². The maximum atomic E-state index is 11.9. The molecule has 0 saturated carbocycles. The molecule has 110 valence electrons. The van der Waals surface area contributed by atoms with Crippen LogP contribution in [0.2, 0.25) is 0 Å². The number of anilines is 1. The number of amides is 1. The van der Waals surface area contributed by atoms with Gasteiger partial charge in [-0.3, -0.25) is 9.59 Å². The van der Waals surface area contributed by atoms with Gasteiger partial charge in [0.05, 0.1) is 5.69 Å². The van der Waals surface area contributed by atoms with Gasteiger partial charge in [-0.25, -0.2) is 0 Å². The molecule has 0 aliphatic carbocycles. The van der Waals surface area contributed by atoms with Crippen LogP contribution in [-0.4, -0.2) is 22.2 Å². The van der Waals surface area contributed by atoms with E-state index in [0.29, 0.717) is 12.1 Å². The second-order valence-corrected chi connectivity index (χ2v) is 5.89. The number of nitrogens with one attached hydrogen (secondary N) is 1. The Morgan fingerprint density at radius 3 is 2.45 bits per heavy atom. The van der Waals surface area contributed by atoms with Crippen LogP contribution in [0.5, 0.6) is 0 Å². The molecule has 0 aromatic heterocycles. The molecule has 1 rings (SSSR count). The van der Waals surface area contributed by atoms with Gasteiger partial charge in [0.15, 0.2) is 0 Å². The predicted molar refractivity (Wildman–Crippen MR) is 82.1 cm³/mol. The number of thioether (sulfide) groups is 1. The summed E-state index contributed by atoms with van der Waals surface area (Å²) in [5, 5.41) is 11.5. The predicted octanol–water partition coefficient (Wildman–Crippen LogP) is 3.63. The maximum absolute atomic E-state index is 11.9. The molecule has 0 fully saturated rings. The highest BCUT2D eigenvalue weighted by Crippen LogP contribution is 2.32. The molecule has 2 N–H and O–H groups in total. The van der Waals surface area contributed by atoms with Gasteiger partial charge in [0.25, 0.3) is 0 Å². The third-order valence-electron chi connectivity index (χ3n) is 3.12. The molecule has 0 bridgehead atoms. The molecule has 20 heavy (non-hydrogen) atoms. The van der Waals surface area contributed by atoms with Crippen molar-refractivity contribution in [2.75, 3.05) is 5.32 Å². The second-order valence-electron chi connectivity index (χ2n) is 4.65. The van der Waals surface area contributed by atoms with Crippen molar-refractivity contribution in [1.82, 2.24) is 0 Å². The molecule has 4 nitrogen and oxygen atoms in total. The van der Waals surface area contributed by atoms with E-state index in [9.17, 15) is 9.59 Å². The fraction of sp³-hybridized carbons (Fsp3) is 0.467. The first kappa shape index (κ1) is 16.6. The molecule has 5 heteroatoms. The second kappa shape index (κ2) is 7.94. The number of benzene rings is 1. The molecule has 1 amide bonds. The van der Waals surface area contributed by atoms with E-state index in [1.54, 1.807) is 6.07 Å². The number of carbonyl (C=O) groups is 2. The molecule has 0 unspecified atom stereocenters. The van der Waals surface area contributed by atoms with Crippen LogP contribution in [0.25, 0.3) is 0 Å². The lowest BCUT2D eigenvalue weighted by Gasteiger charge is -2.15. The van der Waals surface area contributed by atoms with Crippen molar-refractivity contribution in [3.8, 4) is 0 Å². The van der Waals surface area contributed by atoms with Crippen LogP contribution in [0.4, 0.5) is 5.69 Å². The standard InChI is InChI=1S/C15H21NO3S/c1-4-10(3)14(17)16-11-8-6-7-9-13(11)20-12(5-2)15(18)19/h6-10,12H,4-5H2,1-3H3,(H,16,17)(H,18,19)/t10-,12+/m1/s1. The van der Waals surface area contributed by atoms with Crippen molar-refractivity contribution in [3.63, 3.8) is 0 Å². The molecule has 1 aromatic carbocycles. The smallest absolute Gasteiger partial charge is 0.316 e. The maximum Gasteiger partial charge on any atom is 0.316 e. The lowest BCUT2D eigenvalue weighted by Crippen LogP contribution is -2.20. The number of rotatable bonds is 7. The highest BCUT2D eigenvalue weighted by Gasteiger charge is 2.19. The average molecular weight is 295 g/mol. The van der Waals surface area contributed by atoms with Crippen molar-refractivity contribution < 1.29 is 14.7 Å². The number of carboxylic acids is 1. The molecule has 1 aromatic rings. The summed E-state index contributed by atoms with van der Waals surface area (Å²) >= 11 is 1.27. The minimum Gasteiger partial charge on any atom is -0.480 e. The van der Waals surface area contributed by atoms with Crippen LogP contribution in [0.15, 0.2) is 29.2 Å². The monoisotopic (exact) mass is 295 g/mol. The normalized spacial score (nSPS) is 13.6. The fourth-order valence-corrected chi connectivity index (χ4v) is 2.55. The molecule has 0 saturated heterocycles. The highest BCUT2D eigenvalue weighted by atomic mass is 32.2. The third-order valence-corrected chi connectivity index (χ3v) is 4.55. The number of carboxylic acid groups (broad SMARTS) is 1. The van der Waals surface area contributed by atoms with Crippen molar-refractivity contribution in [1.29, 1.82) is 0 Å².